The number of hydrogen-bond acceptors (Lipinski definition) is 11. The zero-order valence-electron chi connectivity index (χ0n) is 22.6. The summed E-state index contributed by atoms with van der Waals surface area (Å²) in [7, 11) is 0. The zero-order chi connectivity index (χ0) is 29.6. The van der Waals surface area contributed by atoms with Crippen molar-refractivity contribution in [3.63, 3.8) is 0 Å². The van der Waals surface area contributed by atoms with E-state index in [1.165, 1.54) is 37.5 Å². The number of ether oxygens (including phenoxy) is 4. The molecule has 1 saturated heterocycles. The first-order valence-electron chi connectivity index (χ1n) is 12.6. The SMILES string of the molecule is CC[C@H]1C(=O)OC[C@H](NC(=O)c2nccc(C)c2OC(=O)c2ccc(Cl)nc2)C(=O)O[C@@H](C)[C@@H]1OC(=O)C(C)C. The van der Waals surface area contributed by atoms with Crippen LogP contribution in [0.1, 0.15) is 60.5 Å². The molecule has 0 unspecified atom stereocenters. The second kappa shape index (κ2) is 13.3. The van der Waals surface area contributed by atoms with Gasteiger partial charge >= 0.3 is 23.9 Å². The lowest BCUT2D eigenvalue weighted by Gasteiger charge is -2.29. The van der Waals surface area contributed by atoms with E-state index in [2.05, 4.69) is 15.3 Å². The summed E-state index contributed by atoms with van der Waals surface area (Å²) in [6, 6.07) is 2.91. The minimum atomic E-state index is -1.43. The van der Waals surface area contributed by atoms with Gasteiger partial charge in [0.05, 0.1) is 17.4 Å². The molecule has 1 aliphatic rings. The predicted molar refractivity (Wildman–Crippen MR) is 139 cm³/mol. The molecule has 0 saturated carbocycles. The third-order valence-electron chi connectivity index (χ3n) is 6.08. The molecule has 2 aromatic heterocycles. The van der Waals surface area contributed by atoms with Crippen LogP contribution in [0.15, 0.2) is 30.6 Å². The Hall–Kier alpha value is -4.06. The van der Waals surface area contributed by atoms with E-state index in [9.17, 15) is 24.0 Å². The number of cyclic esters (lactones) is 2. The maximum atomic E-state index is 13.2. The summed E-state index contributed by atoms with van der Waals surface area (Å²) in [6.07, 6.45) is 0.686. The number of carbonyl (C=O) groups is 5. The lowest BCUT2D eigenvalue weighted by Crippen LogP contribution is -2.47. The van der Waals surface area contributed by atoms with Gasteiger partial charge in [-0.25, -0.2) is 19.6 Å². The number of aromatic nitrogens is 2. The van der Waals surface area contributed by atoms with Gasteiger partial charge in [0.25, 0.3) is 5.91 Å². The molecule has 0 bridgehead atoms. The monoisotopic (exact) mass is 575 g/mol. The molecule has 4 atom stereocenters. The largest absolute Gasteiger partial charge is 0.463 e. The van der Waals surface area contributed by atoms with Crippen LogP contribution in [0.2, 0.25) is 5.15 Å². The molecule has 3 rings (SSSR count). The number of nitrogens with one attached hydrogen (secondary N) is 1. The number of hydrogen-bond donors (Lipinski definition) is 1. The maximum absolute atomic E-state index is 13.2. The summed E-state index contributed by atoms with van der Waals surface area (Å²) in [5.41, 5.74) is 0.198. The van der Waals surface area contributed by atoms with Crippen molar-refractivity contribution < 1.29 is 42.9 Å². The number of rotatable bonds is 7. The van der Waals surface area contributed by atoms with Gasteiger partial charge in [-0.2, -0.15) is 0 Å². The second-order valence-electron chi connectivity index (χ2n) is 9.43. The quantitative estimate of drug-likeness (QED) is 0.293. The van der Waals surface area contributed by atoms with E-state index in [4.69, 9.17) is 30.5 Å². The van der Waals surface area contributed by atoms with Gasteiger partial charge in [-0.15, -0.1) is 0 Å². The second-order valence-corrected chi connectivity index (χ2v) is 9.82. The Balaban J connectivity index is 1.82. The highest BCUT2D eigenvalue weighted by atomic mass is 35.5. The topological polar surface area (TPSA) is 160 Å². The summed E-state index contributed by atoms with van der Waals surface area (Å²) in [5, 5.41) is 2.62. The lowest BCUT2D eigenvalue weighted by molar-refractivity contribution is -0.176. The van der Waals surface area contributed by atoms with Crippen LogP contribution in [-0.4, -0.2) is 64.6 Å². The normalized spacial score (nSPS) is 21.3. The number of aryl methyl sites for hydroxylation is 1. The molecule has 0 aromatic carbocycles. The lowest BCUT2D eigenvalue weighted by atomic mass is 9.95. The van der Waals surface area contributed by atoms with Crippen molar-refractivity contribution in [1.29, 1.82) is 0 Å². The van der Waals surface area contributed by atoms with Crippen LogP contribution in [0.4, 0.5) is 0 Å². The van der Waals surface area contributed by atoms with E-state index in [0.29, 0.717) is 5.56 Å². The standard InChI is InChI=1S/C27H30ClN3O9/c1-6-17-22(40-24(33)13(2)3)15(5)38-27(36)18(12-37-26(17)35)31-23(32)20-21(14(4)9-10-29-20)39-25(34)16-7-8-19(28)30-11-16/h7-11,13,15,17-18,22H,6,12H2,1-5H3,(H,31,32)/t15-,17+,18-,22-/m0/s1. The highest BCUT2D eigenvalue weighted by molar-refractivity contribution is 6.29. The van der Waals surface area contributed by atoms with Crippen LogP contribution in [0.25, 0.3) is 0 Å². The molecule has 2 aromatic rings. The summed E-state index contributed by atoms with van der Waals surface area (Å²) in [6.45, 7) is 7.52. The molecule has 13 heteroatoms. The molecular weight excluding hydrogens is 546 g/mol. The van der Waals surface area contributed by atoms with Crippen LogP contribution in [-0.2, 0) is 28.6 Å². The van der Waals surface area contributed by atoms with Crippen molar-refractivity contribution in [2.24, 2.45) is 11.8 Å². The van der Waals surface area contributed by atoms with Crippen molar-refractivity contribution in [1.82, 2.24) is 15.3 Å². The molecule has 1 amide bonds. The molecule has 1 aliphatic heterocycles. The van der Waals surface area contributed by atoms with Gasteiger partial charge in [0, 0.05) is 12.4 Å². The van der Waals surface area contributed by atoms with Crippen LogP contribution in [0.3, 0.4) is 0 Å². The Morgan fingerprint density at radius 1 is 1.15 bits per heavy atom. The third-order valence-corrected chi connectivity index (χ3v) is 6.31. The van der Waals surface area contributed by atoms with Gasteiger partial charge in [0.2, 0.25) is 0 Å². The highest BCUT2D eigenvalue weighted by Gasteiger charge is 2.41. The number of halogens is 1. The fourth-order valence-corrected chi connectivity index (χ4v) is 3.90. The van der Waals surface area contributed by atoms with Gasteiger partial charge in [-0.05, 0) is 44.0 Å². The van der Waals surface area contributed by atoms with Gasteiger partial charge < -0.3 is 24.3 Å². The fourth-order valence-electron chi connectivity index (χ4n) is 3.79. The Kier molecular flexibility index (Phi) is 10.2. The van der Waals surface area contributed by atoms with Gasteiger partial charge in [-0.1, -0.05) is 32.4 Å². The summed E-state index contributed by atoms with van der Waals surface area (Å²) >= 11 is 5.76. The molecule has 0 spiro atoms. The minimum absolute atomic E-state index is 0.0814. The van der Waals surface area contributed by atoms with E-state index in [0.717, 1.165) is 0 Å². The van der Waals surface area contributed by atoms with Crippen molar-refractivity contribution in [3.8, 4) is 5.75 Å². The zero-order valence-corrected chi connectivity index (χ0v) is 23.4. The van der Waals surface area contributed by atoms with E-state index in [-0.39, 0.29) is 28.6 Å². The summed E-state index contributed by atoms with van der Waals surface area (Å²) < 4.78 is 21.8. The van der Waals surface area contributed by atoms with E-state index in [1.807, 2.05) is 0 Å². The van der Waals surface area contributed by atoms with Crippen LogP contribution < -0.4 is 10.1 Å². The number of pyridine rings is 2. The molecule has 1 fully saturated rings. The molecular formula is C27H30ClN3O9. The summed E-state index contributed by atoms with van der Waals surface area (Å²) in [4.78, 5) is 71.9. The van der Waals surface area contributed by atoms with Gasteiger partial charge in [0.1, 0.15) is 17.9 Å². The first-order valence-corrected chi connectivity index (χ1v) is 13.0. The van der Waals surface area contributed by atoms with Gasteiger partial charge in [-0.3, -0.25) is 14.4 Å². The Bertz CT molecular complexity index is 1280. The van der Waals surface area contributed by atoms with Crippen LogP contribution >= 0.6 is 11.6 Å². The van der Waals surface area contributed by atoms with E-state index in [1.54, 1.807) is 27.7 Å². The smallest absolute Gasteiger partial charge is 0.345 e. The van der Waals surface area contributed by atoms with Crippen LogP contribution in [0.5, 0.6) is 5.75 Å². The molecule has 0 aliphatic carbocycles. The predicted octanol–water partition coefficient (Wildman–Crippen LogP) is 2.84. The van der Waals surface area contributed by atoms with E-state index >= 15 is 0 Å². The summed E-state index contributed by atoms with van der Waals surface area (Å²) in [5.74, 6) is -5.42. The number of nitrogens with zero attached hydrogens (tertiary/aromatic N) is 2. The van der Waals surface area contributed by atoms with Crippen molar-refractivity contribution in [2.45, 2.75) is 59.3 Å². The molecule has 0 radical (unpaired) electrons. The van der Waals surface area contributed by atoms with Crippen molar-refractivity contribution in [3.05, 3.63) is 52.6 Å². The van der Waals surface area contributed by atoms with Gasteiger partial charge in [0.15, 0.2) is 23.6 Å². The fraction of sp³-hybridized carbons (Fsp3) is 0.444. The van der Waals surface area contributed by atoms with Crippen molar-refractivity contribution >= 4 is 41.4 Å². The van der Waals surface area contributed by atoms with Crippen molar-refractivity contribution in [2.75, 3.05) is 6.61 Å². The minimum Gasteiger partial charge on any atom is -0.463 e. The first-order chi connectivity index (χ1) is 18.9. The number of esters is 4. The first kappa shape index (κ1) is 30.5. The Morgan fingerprint density at radius 2 is 1.88 bits per heavy atom. The number of amides is 1. The average molecular weight is 576 g/mol. The average Bonchev–Trinajstić information content (AvgIpc) is 2.94. The molecule has 40 heavy (non-hydrogen) atoms. The highest BCUT2D eigenvalue weighted by Crippen LogP contribution is 2.25. The Morgan fingerprint density at radius 3 is 2.50 bits per heavy atom. The van der Waals surface area contributed by atoms with Crippen LogP contribution in [0, 0.1) is 18.8 Å². The van der Waals surface area contributed by atoms with E-state index < -0.39 is 66.5 Å². The molecule has 12 nitrogen and oxygen atoms in total. The molecule has 214 valence electrons. The molecule has 1 N–H and O–H groups in total. The third kappa shape index (κ3) is 7.32. The number of carbonyl (C=O) groups excluding carboxylic acids is 5. The molecule has 3 heterocycles. The maximum Gasteiger partial charge on any atom is 0.345 e. The Labute approximate surface area is 235 Å².